The van der Waals surface area contributed by atoms with Crippen molar-refractivity contribution in [1.29, 1.82) is 0 Å². The van der Waals surface area contributed by atoms with E-state index in [1.54, 1.807) is 0 Å². The molecule has 0 radical (unpaired) electrons. The number of carbonyl (C=O) groups excluding carboxylic acids is 1. The molecule has 0 N–H and O–H groups in total. The van der Waals surface area contributed by atoms with Gasteiger partial charge in [-0.25, -0.2) is 9.18 Å². The lowest BCUT2D eigenvalue weighted by molar-refractivity contribution is -0.384. The number of hydrogen-bond donors (Lipinski definition) is 0. The Balaban J connectivity index is 2.44. The van der Waals surface area contributed by atoms with Crippen molar-refractivity contribution >= 4 is 11.7 Å². The van der Waals surface area contributed by atoms with Crippen molar-refractivity contribution in [2.45, 2.75) is 0 Å². The predicted octanol–water partition coefficient (Wildman–Crippen LogP) is 3.19. The third-order valence-electron chi connectivity index (χ3n) is 2.73. The molecule has 5 nitrogen and oxygen atoms in total. The van der Waals surface area contributed by atoms with E-state index >= 15 is 0 Å². The van der Waals surface area contributed by atoms with Crippen LogP contribution in [0.5, 0.6) is 0 Å². The maximum Gasteiger partial charge on any atom is 0.337 e. The van der Waals surface area contributed by atoms with Crippen LogP contribution < -0.4 is 0 Å². The number of hydrogen-bond acceptors (Lipinski definition) is 4. The molecule has 6 heteroatoms. The third kappa shape index (κ3) is 2.80. The van der Waals surface area contributed by atoms with Gasteiger partial charge in [0.25, 0.3) is 5.69 Å². The fourth-order valence-corrected chi connectivity index (χ4v) is 1.77. The summed E-state index contributed by atoms with van der Waals surface area (Å²) in [5, 5.41) is 10.6. The summed E-state index contributed by atoms with van der Waals surface area (Å²) < 4.78 is 18.0. The highest BCUT2D eigenvalue weighted by Gasteiger charge is 2.11. The van der Waals surface area contributed by atoms with E-state index < -0.39 is 16.7 Å². The second-order valence-electron chi connectivity index (χ2n) is 4.02. The van der Waals surface area contributed by atoms with Crippen molar-refractivity contribution in [2.24, 2.45) is 0 Å². The minimum absolute atomic E-state index is 0.0571. The Bertz CT molecular complexity index is 667. The number of rotatable bonds is 3. The molecule has 0 heterocycles. The summed E-state index contributed by atoms with van der Waals surface area (Å²) in [6.45, 7) is 0. The molecule has 0 bridgehead atoms. The van der Waals surface area contributed by atoms with Gasteiger partial charge in [0.05, 0.1) is 17.6 Å². The zero-order valence-corrected chi connectivity index (χ0v) is 10.5. The Morgan fingerprint density at radius 2 is 1.80 bits per heavy atom. The quantitative estimate of drug-likeness (QED) is 0.490. The van der Waals surface area contributed by atoms with E-state index in [0.717, 1.165) is 6.07 Å². The largest absolute Gasteiger partial charge is 0.465 e. The van der Waals surface area contributed by atoms with E-state index in [4.69, 9.17) is 0 Å². The van der Waals surface area contributed by atoms with Crippen LogP contribution in [0.3, 0.4) is 0 Å². The topological polar surface area (TPSA) is 69.4 Å². The first-order valence-corrected chi connectivity index (χ1v) is 5.65. The molecule has 0 aliphatic rings. The first-order chi connectivity index (χ1) is 9.51. The number of nitrogens with zero attached hydrogens (tertiary/aromatic N) is 1. The van der Waals surface area contributed by atoms with Gasteiger partial charge in [-0.15, -0.1) is 0 Å². The van der Waals surface area contributed by atoms with Crippen LogP contribution >= 0.6 is 0 Å². The minimum atomic E-state index is -0.646. The number of ether oxygens (including phenoxy) is 1. The molecule has 2 aromatic rings. The van der Waals surface area contributed by atoms with Gasteiger partial charge in [0, 0.05) is 12.1 Å². The molecule has 0 spiro atoms. The Labute approximate surface area is 113 Å². The van der Waals surface area contributed by atoms with E-state index in [1.165, 1.54) is 43.5 Å². The van der Waals surface area contributed by atoms with Gasteiger partial charge in [-0.1, -0.05) is 0 Å². The Hall–Kier alpha value is -2.76. The Morgan fingerprint density at radius 1 is 1.15 bits per heavy atom. The van der Waals surface area contributed by atoms with Crippen LogP contribution in [0, 0.1) is 15.9 Å². The number of methoxy groups -OCH3 is 1. The zero-order valence-electron chi connectivity index (χ0n) is 10.5. The monoisotopic (exact) mass is 275 g/mol. The van der Waals surface area contributed by atoms with Crippen molar-refractivity contribution in [2.75, 3.05) is 7.11 Å². The fraction of sp³-hybridized carbons (Fsp3) is 0.0714. The van der Waals surface area contributed by atoms with Crippen molar-refractivity contribution < 1.29 is 18.8 Å². The third-order valence-corrected chi connectivity index (χ3v) is 2.73. The minimum Gasteiger partial charge on any atom is -0.465 e. The highest BCUT2D eigenvalue weighted by molar-refractivity contribution is 5.91. The molecule has 2 aromatic carbocycles. The summed E-state index contributed by atoms with van der Waals surface area (Å²) in [5.41, 5.74) is 1.04. The van der Waals surface area contributed by atoms with Gasteiger partial charge in [-0.3, -0.25) is 10.1 Å². The first-order valence-electron chi connectivity index (χ1n) is 5.65. The molecule has 0 fully saturated rings. The van der Waals surface area contributed by atoms with Crippen LogP contribution in [0.1, 0.15) is 10.4 Å². The average Bonchev–Trinajstić information content (AvgIpc) is 2.45. The van der Waals surface area contributed by atoms with Crippen LogP contribution in [0.15, 0.2) is 42.5 Å². The van der Waals surface area contributed by atoms with E-state index in [2.05, 4.69) is 4.74 Å². The van der Waals surface area contributed by atoms with E-state index in [-0.39, 0.29) is 11.3 Å². The van der Waals surface area contributed by atoms with Crippen LogP contribution in [0.25, 0.3) is 11.1 Å². The number of nitro benzene ring substituents is 1. The average molecular weight is 275 g/mol. The summed E-state index contributed by atoms with van der Waals surface area (Å²) in [4.78, 5) is 21.5. The Morgan fingerprint density at radius 3 is 2.35 bits per heavy atom. The summed E-state index contributed by atoms with van der Waals surface area (Å²) in [7, 11) is 1.21. The lowest BCUT2D eigenvalue weighted by Crippen LogP contribution is -2.02. The van der Waals surface area contributed by atoms with E-state index in [1.807, 2.05) is 0 Å². The van der Waals surface area contributed by atoms with Gasteiger partial charge in [-0.05, 0) is 41.5 Å². The van der Waals surface area contributed by atoms with Crippen LogP contribution in [-0.2, 0) is 4.74 Å². The van der Waals surface area contributed by atoms with Crippen LogP contribution in [-0.4, -0.2) is 18.0 Å². The molecule has 2 rings (SSSR count). The van der Waals surface area contributed by atoms with E-state index in [0.29, 0.717) is 11.1 Å². The van der Waals surface area contributed by atoms with Crippen molar-refractivity contribution in [3.05, 3.63) is 64.0 Å². The van der Waals surface area contributed by atoms with Gasteiger partial charge in [0.1, 0.15) is 5.82 Å². The maximum atomic E-state index is 13.5. The van der Waals surface area contributed by atoms with Crippen molar-refractivity contribution in [3.8, 4) is 11.1 Å². The standard InChI is InChI=1S/C14H10FNO4/c1-20-14(17)11-6-10(7-12(15)8-11)9-2-4-13(5-3-9)16(18)19/h2-8H,1H3. The first kappa shape index (κ1) is 13.7. The molecule has 0 unspecified atom stereocenters. The van der Waals surface area contributed by atoms with E-state index in [9.17, 15) is 19.3 Å². The smallest absolute Gasteiger partial charge is 0.337 e. The molecule has 102 valence electrons. The highest BCUT2D eigenvalue weighted by atomic mass is 19.1. The van der Waals surface area contributed by atoms with Gasteiger partial charge < -0.3 is 4.74 Å². The highest BCUT2D eigenvalue weighted by Crippen LogP contribution is 2.24. The number of nitro groups is 1. The zero-order chi connectivity index (χ0) is 14.7. The van der Waals surface area contributed by atoms with Gasteiger partial charge >= 0.3 is 5.97 Å². The van der Waals surface area contributed by atoms with Crippen molar-refractivity contribution in [1.82, 2.24) is 0 Å². The molecular weight excluding hydrogens is 265 g/mol. The lowest BCUT2D eigenvalue weighted by atomic mass is 10.0. The summed E-state index contributed by atoms with van der Waals surface area (Å²) in [6.07, 6.45) is 0. The summed E-state index contributed by atoms with van der Waals surface area (Å²) in [5.74, 6) is -1.23. The second-order valence-corrected chi connectivity index (χ2v) is 4.02. The van der Waals surface area contributed by atoms with Gasteiger partial charge in [-0.2, -0.15) is 0 Å². The molecule has 0 aromatic heterocycles. The summed E-state index contributed by atoms with van der Waals surface area (Å²) in [6, 6.07) is 9.41. The second kappa shape index (κ2) is 5.48. The predicted molar refractivity (Wildman–Crippen MR) is 69.8 cm³/mol. The fourth-order valence-electron chi connectivity index (χ4n) is 1.77. The van der Waals surface area contributed by atoms with Crippen LogP contribution in [0.4, 0.5) is 10.1 Å². The SMILES string of the molecule is COC(=O)c1cc(F)cc(-c2ccc([N+](=O)[O-])cc2)c1. The molecular formula is C14H10FNO4. The molecule has 0 amide bonds. The molecule has 0 aliphatic heterocycles. The molecule has 0 saturated heterocycles. The molecule has 0 saturated carbocycles. The normalized spacial score (nSPS) is 10.1. The van der Waals surface area contributed by atoms with Gasteiger partial charge in [0.15, 0.2) is 0 Å². The number of esters is 1. The van der Waals surface area contributed by atoms with Gasteiger partial charge in [0.2, 0.25) is 0 Å². The number of benzene rings is 2. The maximum absolute atomic E-state index is 13.5. The Kier molecular flexibility index (Phi) is 3.74. The number of non-ortho nitro benzene ring substituents is 1. The molecule has 0 aliphatic carbocycles. The number of carbonyl (C=O) groups is 1. The van der Waals surface area contributed by atoms with Crippen molar-refractivity contribution in [3.63, 3.8) is 0 Å². The summed E-state index contributed by atoms with van der Waals surface area (Å²) >= 11 is 0. The number of halogens is 1. The molecule has 0 atom stereocenters. The molecule has 20 heavy (non-hydrogen) atoms. The van der Waals surface area contributed by atoms with Crippen LogP contribution in [0.2, 0.25) is 0 Å². The lowest BCUT2D eigenvalue weighted by Gasteiger charge is -2.05.